The number of rotatable bonds is 7. The number of methoxy groups -OCH3 is 1. The Morgan fingerprint density at radius 2 is 1.76 bits per heavy atom. The molecule has 1 aromatic heterocycles. The summed E-state index contributed by atoms with van der Waals surface area (Å²) in [5, 5.41) is 9.23. The number of allylic oxidation sites excluding steroid dienone is 1. The molecule has 0 radical (unpaired) electrons. The van der Waals surface area contributed by atoms with Crippen molar-refractivity contribution in [3.63, 3.8) is 0 Å². The zero-order valence-electron chi connectivity index (χ0n) is 20.7. The Bertz CT molecular complexity index is 801. The number of nitrogens with one attached hydrogen (secondary N) is 1. The predicted octanol–water partition coefficient (Wildman–Crippen LogP) is 5.23. The third-order valence-electron chi connectivity index (χ3n) is 7.80. The number of amides is 1. The molecular weight excluding hydrogens is 432 g/mol. The monoisotopic (exact) mass is 474 g/mol. The lowest BCUT2D eigenvalue weighted by molar-refractivity contribution is -0.117. The van der Waals surface area contributed by atoms with Gasteiger partial charge in [-0.25, -0.2) is 0 Å². The maximum Gasteiger partial charge on any atom is 0.257 e. The van der Waals surface area contributed by atoms with Crippen molar-refractivity contribution in [1.82, 2.24) is 20.0 Å². The summed E-state index contributed by atoms with van der Waals surface area (Å²) in [5.41, 5.74) is 1.03. The molecule has 1 aromatic rings. The molecule has 4 rings (SSSR count). The first kappa shape index (κ1) is 24.8. The Labute approximate surface area is 203 Å². The van der Waals surface area contributed by atoms with Crippen molar-refractivity contribution < 1.29 is 9.53 Å². The largest absolute Gasteiger partial charge is 0.381 e. The summed E-state index contributed by atoms with van der Waals surface area (Å²) in [6, 6.07) is 3.55. The second-order valence-electron chi connectivity index (χ2n) is 10.1. The van der Waals surface area contributed by atoms with Crippen LogP contribution in [0.1, 0.15) is 89.3 Å². The molecule has 1 aliphatic heterocycles. The Balaban J connectivity index is 1.28. The first-order chi connectivity index (χ1) is 16.1. The van der Waals surface area contributed by atoms with E-state index in [4.69, 9.17) is 9.84 Å². The van der Waals surface area contributed by atoms with Crippen LogP contribution in [0.5, 0.6) is 0 Å². The summed E-state index contributed by atoms with van der Waals surface area (Å²) in [6.07, 6.45) is 15.4. The molecule has 33 heavy (non-hydrogen) atoms. The third-order valence-corrected chi connectivity index (χ3v) is 8.96. The number of ether oxygens (including phenoxy) is 1. The third kappa shape index (κ3) is 6.43. The van der Waals surface area contributed by atoms with Crippen LogP contribution in [0, 0.1) is 6.92 Å². The molecule has 184 valence electrons. The normalized spacial score (nSPS) is 26.5. The lowest BCUT2D eigenvalue weighted by Gasteiger charge is -2.40. The molecule has 6 nitrogen and oxygen atoms in total. The average Bonchev–Trinajstić information content (AvgIpc) is 3.23. The molecule has 1 saturated heterocycles. The van der Waals surface area contributed by atoms with E-state index in [0.29, 0.717) is 18.2 Å². The summed E-state index contributed by atoms with van der Waals surface area (Å²) < 4.78 is 7.71. The fourth-order valence-corrected chi connectivity index (χ4v) is 6.83. The standard InChI is InChI=1S/C26H42N4O2S/c1-4-24(33-25-18-19(2)28-30(25)22-8-6-5-7-9-22)26(31)27-20-10-12-21(13-11-20)29-16-14-23(32-3)15-17-29/h4,18,20-23H,5-17H2,1-3H3,(H,27,31)/b24-4-. The van der Waals surface area contributed by atoms with Crippen LogP contribution in [-0.2, 0) is 9.53 Å². The molecule has 1 amide bonds. The number of thioether (sulfide) groups is 1. The summed E-state index contributed by atoms with van der Waals surface area (Å²) in [7, 11) is 1.83. The minimum atomic E-state index is 0.0703. The summed E-state index contributed by atoms with van der Waals surface area (Å²) >= 11 is 1.58. The van der Waals surface area contributed by atoms with Crippen LogP contribution in [0.4, 0.5) is 0 Å². The molecule has 3 fully saturated rings. The van der Waals surface area contributed by atoms with E-state index >= 15 is 0 Å². The Kier molecular flexibility index (Phi) is 8.94. The van der Waals surface area contributed by atoms with Gasteiger partial charge in [0, 0.05) is 32.3 Å². The van der Waals surface area contributed by atoms with Gasteiger partial charge in [-0.2, -0.15) is 5.10 Å². The Hall–Kier alpha value is -1.31. The van der Waals surface area contributed by atoms with Gasteiger partial charge in [-0.15, -0.1) is 0 Å². The maximum absolute atomic E-state index is 13.1. The second-order valence-corrected chi connectivity index (χ2v) is 11.1. The van der Waals surface area contributed by atoms with Crippen LogP contribution in [-0.4, -0.2) is 59.0 Å². The topological polar surface area (TPSA) is 59.4 Å². The molecule has 7 heteroatoms. The molecule has 0 unspecified atom stereocenters. The van der Waals surface area contributed by atoms with Crippen molar-refractivity contribution in [1.29, 1.82) is 0 Å². The van der Waals surface area contributed by atoms with Gasteiger partial charge in [-0.1, -0.05) is 37.1 Å². The number of carbonyl (C=O) groups excluding carboxylic acids is 1. The number of hydrogen-bond donors (Lipinski definition) is 1. The molecule has 0 aromatic carbocycles. The van der Waals surface area contributed by atoms with E-state index in [1.165, 1.54) is 44.9 Å². The molecule has 0 bridgehead atoms. The van der Waals surface area contributed by atoms with E-state index in [-0.39, 0.29) is 11.9 Å². The van der Waals surface area contributed by atoms with Crippen molar-refractivity contribution in [3.8, 4) is 0 Å². The molecule has 0 atom stereocenters. The lowest BCUT2D eigenvalue weighted by Crippen LogP contribution is -2.47. The van der Waals surface area contributed by atoms with Gasteiger partial charge < -0.3 is 15.0 Å². The summed E-state index contributed by atoms with van der Waals surface area (Å²) in [4.78, 5) is 16.6. The smallest absolute Gasteiger partial charge is 0.257 e. The van der Waals surface area contributed by atoms with Crippen LogP contribution in [0.2, 0.25) is 0 Å². The van der Waals surface area contributed by atoms with E-state index in [9.17, 15) is 4.79 Å². The number of aromatic nitrogens is 2. The van der Waals surface area contributed by atoms with Crippen LogP contribution >= 0.6 is 11.8 Å². The number of carbonyl (C=O) groups is 1. The number of hydrogen-bond acceptors (Lipinski definition) is 5. The first-order valence-corrected chi connectivity index (χ1v) is 13.9. The molecule has 2 aliphatic carbocycles. The highest BCUT2D eigenvalue weighted by molar-refractivity contribution is 8.04. The van der Waals surface area contributed by atoms with E-state index in [1.807, 2.05) is 20.1 Å². The van der Waals surface area contributed by atoms with Gasteiger partial charge in [-0.05, 0) is 71.3 Å². The van der Waals surface area contributed by atoms with E-state index in [1.54, 1.807) is 11.8 Å². The van der Waals surface area contributed by atoms with Gasteiger partial charge in [0.25, 0.3) is 5.91 Å². The van der Waals surface area contributed by atoms with E-state index in [0.717, 1.165) is 54.4 Å². The SMILES string of the molecule is C/C=C(\Sc1cc(C)nn1C1CCCCC1)C(=O)NC1CCC(N2CCC(OC)CC2)CC1. The van der Waals surface area contributed by atoms with Gasteiger partial charge >= 0.3 is 0 Å². The summed E-state index contributed by atoms with van der Waals surface area (Å²) in [5.74, 6) is 0.0703. The van der Waals surface area contributed by atoms with Gasteiger partial charge in [0.05, 0.1) is 27.8 Å². The lowest BCUT2D eigenvalue weighted by atomic mass is 9.89. The fourth-order valence-electron chi connectivity index (χ4n) is 5.82. The van der Waals surface area contributed by atoms with Gasteiger partial charge in [0.15, 0.2) is 0 Å². The van der Waals surface area contributed by atoms with Gasteiger partial charge in [0.2, 0.25) is 0 Å². The maximum atomic E-state index is 13.1. The van der Waals surface area contributed by atoms with Gasteiger partial charge in [-0.3, -0.25) is 9.48 Å². The van der Waals surface area contributed by atoms with Crippen LogP contribution in [0.15, 0.2) is 22.1 Å². The molecule has 2 heterocycles. The van der Waals surface area contributed by atoms with E-state index in [2.05, 4.69) is 27.9 Å². The van der Waals surface area contributed by atoms with Crippen LogP contribution in [0.3, 0.4) is 0 Å². The van der Waals surface area contributed by atoms with Crippen molar-refractivity contribution in [2.75, 3.05) is 20.2 Å². The molecule has 3 aliphatic rings. The number of nitrogens with zero attached hydrogens (tertiary/aromatic N) is 3. The zero-order chi connectivity index (χ0) is 23.2. The van der Waals surface area contributed by atoms with E-state index < -0.39 is 0 Å². The molecular formula is C26H42N4O2S. The quantitative estimate of drug-likeness (QED) is 0.433. The van der Waals surface area contributed by atoms with Crippen molar-refractivity contribution in [3.05, 3.63) is 22.7 Å². The molecule has 2 saturated carbocycles. The van der Waals surface area contributed by atoms with Crippen molar-refractivity contribution >= 4 is 17.7 Å². The highest BCUT2D eigenvalue weighted by Gasteiger charge is 2.30. The Morgan fingerprint density at radius 3 is 2.39 bits per heavy atom. The zero-order valence-corrected chi connectivity index (χ0v) is 21.5. The minimum absolute atomic E-state index is 0.0703. The minimum Gasteiger partial charge on any atom is -0.381 e. The number of piperidine rings is 1. The fraction of sp³-hybridized carbons (Fsp3) is 0.769. The highest BCUT2D eigenvalue weighted by Crippen LogP contribution is 2.35. The molecule has 1 N–H and O–H groups in total. The number of aryl methyl sites for hydroxylation is 1. The Morgan fingerprint density at radius 1 is 1.06 bits per heavy atom. The second kappa shape index (κ2) is 11.9. The first-order valence-electron chi connectivity index (χ1n) is 13.1. The van der Waals surface area contributed by atoms with Crippen molar-refractivity contribution in [2.24, 2.45) is 0 Å². The van der Waals surface area contributed by atoms with Crippen molar-refractivity contribution in [2.45, 2.75) is 114 Å². The summed E-state index contributed by atoms with van der Waals surface area (Å²) in [6.45, 7) is 6.31. The predicted molar refractivity (Wildman–Crippen MR) is 134 cm³/mol. The van der Waals surface area contributed by atoms with Crippen LogP contribution < -0.4 is 5.32 Å². The van der Waals surface area contributed by atoms with Crippen LogP contribution in [0.25, 0.3) is 0 Å². The number of likely N-dealkylation sites (tertiary alicyclic amines) is 1. The van der Waals surface area contributed by atoms with Gasteiger partial charge in [0.1, 0.15) is 0 Å². The highest BCUT2D eigenvalue weighted by atomic mass is 32.2. The molecule has 0 spiro atoms. The average molecular weight is 475 g/mol.